The second kappa shape index (κ2) is 4.39. The van der Waals surface area contributed by atoms with Gasteiger partial charge in [0.15, 0.2) is 5.78 Å². The van der Waals surface area contributed by atoms with Crippen LogP contribution in [0.25, 0.3) is 0 Å². The molecule has 0 saturated carbocycles. The third kappa shape index (κ3) is 2.18. The summed E-state index contributed by atoms with van der Waals surface area (Å²) in [4.78, 5) is 17.7. The summed E-state index contributed by atoms with van der Waals surface area (Å²) in [5.41, 5.74) is 6.45. The second-order valence-corrected chi connectivity index (χ2v) is 4.44. The summed E-state index contributed by atoms with van der Waals surface area (Å²) >= 11 is 5.86. The number of aromatic nitrogens is 1. The van der Waals surface area contributed by atoms with E-state index < -0.39 is 0 Å². The van der Waals surface area contributed by atoms with Crippen molar-refractivity contribution in [3.63, 3.8) is 0 Å². The number of Topliss-reactive ketones (excluding diaryl/α,β-unsaturated/α-hetero) is 1. The Kier molecular flexibility index (Phi) is 3.12. The highest BCUT2D eigenvalue weighted by atomic mass is 35.5. The lowest BCUT2D eigenvalue weighted by Gasteiger charge is -2.19. The van der Waals surface area contributed by atoms with E-state index in [0.717, 1.165) is 19.5 Å². The molecule has 1 aromatic heterocycles. The molecular formula is C11H14ClN3O. The Labute approximate surface area is 99.4 Å². The number of halogens is 1. The Morgan fingerprint density at radius 3 is 2.94 bits per heavy atom. The van der Waals surface area contributed by atoms with Crippen molar-refractivity contribution in [2.75, 3.05) is 18.0 Å². The van der Waals surface area contributed by atoms with E-state index in [1.165, 1.54) is 6.92 Å². The zero-order chi connectivity index (χ0) is 11.7. The number of anilines is 1. The lowest BCUT2D eigenvalue weighted by atomic mass is 10.2. The van der Waals surface area contributed by atoms with Crippen LogP contribution in [-0.2, 0) is 0 Å². The first-order valence-corrected chi connectivity index (χ1v) is 5.63. The summed E-state index contributed by atoms with van der Waals surface area (Å²) in [6.07, 6.45) is 0.922. The highest BCUT2D eigenvalue weighted by molar-refractivity contribution is 6.29. The van der Waals surface area contributed by atoms with E-state index in [9.17, 15) is 4.79 Å². The standard InChI is InChI=1S/C11H14ClN3O/c1-7(16)9-2-3-10(12)14-11(9)15-5-4-8(13)6-15/h2-3,8H,4-6,13H2,1H3/t8-/m1/s1. The Hall–Kier alpha value is -1.13. The molecule has 0 aliphatic carbocycles. The van der Waals surface area contributed by atoms with Crippen LogP contribution in [0.1, 0.15) is 23.7 Å². The Bertz CT molecular complexity index is 422. The molecule has 0 unspecified atom stereocenters. The van der Waals surface area contributed by atoms with Crippen LogP contribution in [0.15, 0.2) is 12.1 Å². The fraction of sp³-hybridized carbons (Fsp3) is 0.455. The third-order valence-corrected chi connectivity index (χ3v) is 2.96. The van der Waals surface area contributed by atoms with E-state index in [-0.39, 0.29) is 11.8 Å². The lowest BCUT2D eigenvalue weighted by molar-refractivity contribution is 0.101. The Morgan fingerprint density at radius 1 is 1.62 bits per heavy atom. The summed E-state index contributed by atoms with van der Waals surface area (Å²) in [5, 5.41) is 0.403. The summed E-state index contributed by atoms with van der Waals surface area (Å²) in [6.45, 7) is 3.09. The smallest absolute Gasteiger partial charge is 0.163 e. The molecule has 1 aliphatic heterocycles. The molecule has 86 valence electrons. The molecule has 0 aromatic carbocycles. The second-order valence-electron chi connectivity index (χ2n) is 4.06. The molecule has 0 spiro atoms. The van der Waals surface area contributed by atoms with E-state index in [1.54, 1.807) is 12.1 Å². The number of nitrogens with two attached hydrogens (primary N) is 1. The zero-order valence-electron chi connectivity index (χ0n) is 9.11. The maximum absolute atomic E-state index is 11.5. The molecule has 2 rings (SSSR count). The van der Waals surface area contributed by atoms with Gasteiger partial charge in [-0.3, -0.25) is 4.79 Å². The van der Waals surface area contributed by atoms with Crippen molar-refractivity contribution in [3.05, 3.63) is 22.8 Å². The van der Waals surface area contributed by atoms with Crippen LogP contribution < -0.4 is 10.6 Å². The quantitative estimate of drug-likeness (QED) is 0.627. The highest BCUT2D eigenvalue weighted by Gasteiger charge is 2.23. The molecule has 1 aromatic rings. The van der Waals surface area contributed by atoms with Crippen molar-refractivity contribution in [2.45, 2.75) is 19.4 Å². The van der Waals surface area contributed by atoms with Gasteiger partial charge in [-0.25, -0.2) is 4.98 Å². The van der Waals surface area contributed by atoms with Gasteiger partial charge in [0.25, 0.3) is 0 Å². The van der Waals surface area contributed by atoms with Crippen LogP contribution in [0, 0.1) is 0 Å². The predicted molar refractivity (Wildman–Crippen MR) is 64.1 cm³/mol. The molecule has 0 radical (unpaired) electrons. The Balaban J connectivity index is 2.37. The van der Waals surface area contributed by atoms with Gasteiger partial charge in [0.2, 0.25) is 0 Å². The summed E-state index contributed by atoms with van der Waals surface area (Å²) in [7, 11) is 0. The Morgan fingerprint density at radius 2 is 2.38 bits per heavy atom. The first-order chi connectivity index (χ1) is 7.58. The number of nitrogens with zero attached hydrogens (tertiary/aromatic N) is 2. The molecule has 1 saturated heterocycles. The van der Waals surface area contributed by atoms with E-state index in [0.29, 0.717) is 16.5 Å². The molecule has 2 N–H and O–H groups in total. The van der Waals surface area contributed by atoms with Crippen LogP contribution in [-0.4, -0.2) is 29.9 Å². The SMILES string of the molecule is CC(=O)c1ccc(Cl)nc1N1CC[C@@H](N)C1. The fourth-order valence-corrected chi connectivity index (χ4v) is 2.06. The van der Waals surface area contributed by atoms with Crippen molar-refractivity contribution in [3.8, 4) is 0 Å². The van der Waals surface area contributed by atoms with Gasteiger partial charge in [-0.2, -0.15) is 0 Å². The highest BCUT2D eigenvalue weighted by Crippen LogP contribution is 2.24. The summed E-state index contributed by atoms with van der Waals surface area (Å²) in [6, 6.07) is 3.51. The summed E-state index contributed by atoms with van der Waals surface area (Å²) < 4.78 is 0. The minimum atomic E-state index is -0.000335. The predicted octanol–water partition coefficient (Wildman–Crippen LogP) is 1.48. The van der Waals surface area contributed by atoms with Crippen molar-refractivity contribution >= 4 is 23.2 Å². The molecule has 4 nitrogen and oxygen atoms in total. The van der Waals surface area contributed by atoms with Gasteiger partial charge in [-0.05, 0) is 25.5 Å². The zero-order valence-corrected chi connectivity index (χ0v) is 9.87. The van der Waals surface area contributed by atoms with Crippen LogP contribution in [0.3, 0.4) is 0 Å². The van der Waals surface area contributed by atoms with E-state index >= 15 is 0 Å². The number of carbonyl (C=O) groups excluding carboxylic acids is 1. The monoisotopic (exact) mass is 239 g/mol. The van der Waals surface area contributed by atoms with Crippen LogP contribution >= 0.6 is 11.6 Å². The van der Waals surface area contributed by atoms with Crippen LogP contribution in [0.2, 0.25) is 5.15 Å². The van der Waals surface area contributed by atoms with Gasteiger partial charge in [0, 0.05) is 19.1 Å². The average Bonchev–Trinajstić information content (AvgIpc) is 2.64. The van der Waals surface area contributed by atoms with Gasteiger partial charge < -0.3 is 10.6 Å². The average molecular weight is 240 g/mol. The minimum absolute atomic E-state index is 0.000335. The molecule has 1 atom stereocenters. The first-order valence-electron chi connectivity index (χ1n) is 5.26. The molecule has 16 heavy (non-hydrogen) atoms. The molecular weight excluding hydrogens is 226 g/mol. The number of ketones is 1. The number of carbonyl (C=O) groups is 1. The first kappa shape index (κ1) is 11.4. The third-order valence-electron chi connectivity index (χ3n) is 2.74. The van der Waals surface area contributed by atoms with Crippen molar-refractivity contribution < 1.29 is 4.79 Å². The van der Waals surface area contributed by atoms with Crippen molar-refractivity contribution in [1.82, 2.24) is 4.98 Å². The number of hydrogen-bond acceptors (Lipinski definition) is 4. The number of rotatable bonds is 2. The molecule has 0 amide bonds. The maximum Gasteiger partial charge on any atom is 0.163 e. The van der Waals surface area contributed by atoms with E-state index in [4.69, 9.17) is 17.3 Å². The normalized spacial score (nSPS) is 20.2. The largest absolute Gasteiger partial charge is 0.354 e. The van der Waals surface area contributed by atoms with Crippen molar-refractivity contribution in [2.24, 2.45) is 5.73 Å². The summed E-state index contributed by atoms with van der Waals surface area (Å²) in [5.74, 6) is 0.660. The topological polar surface area (TPSA) is 59.2 Å². The lowest BCUT2D eigenvalue weighted by Crippen LogP contribution is -2.28. The van der Waals surface area contributed by atoms with E-state index in [2.05, 4.69) is 4.98 Å². The van der Waals surface area contributed by atoms with Gasteiger partial charge >= 0.3 is 0 Å². The maximum atomic E-state index is 11.5. The molecule has 2 heterocycles. The minimum Gasteiger partial charge on any atom is -0.354 e. The number of hydrogen-bond donors (Lipinski definition) is 1. The van der Waals surface area contributed by atoms with Gasteiger partial charge in [-0.15, -0.1) is 0 Å². The van der Waals surface area contributed by atoms with Crippen LogP contribution in [0.4, 0.5) is 5.82 Å². The van der Waals surface area contributed by atoms with Gasteiger partial charge in [-0.1, -0.05) is 11.6 Å². The molecule has 1 fully saturated rings. The molecule has 5 heteroatoms. The van der Waals surface area contributed by atoms with Gasteiger partial charge in [0.05, 0.1) is 5.56 Å². The van der Waals surface area contributed by atoms with E-state index in [1.807, 2.05) is 4.90 Å². The van der Waals surface area contributed by atoms with Crippen LogP contribution in [0.5, 0.6) is 0 Å². The van der Waals surface area contributed by atoms with Gasteiger partial charge in [0.1, 0.15) is 11.0 Å². The fourth-order valence-electron chi connectivity index (χ4n) is 1.92. The van der Waals surface area contributed by atoms with Crippen molar-refractivity contribution in [1.29, 1.82) is 0 Å². The molecule has 0 bridgehead atoms. The number of pyridine rings is 1. The molecule has 1 aliphatic rings.